The Balaban J connectivity index is 2.01. The standard InChI is InChI=1S/C20H20FNO2/c1-15(11-12-16-9-6-10-18(21)13-16)20(2,22)19(23)24-14-17-7-4-3-5-8-17/h3-10,13,15H,14,22H2,1-2H3/t15-,20+/m1/s1. The minimum Gasteiger partial charge on any atom is -0.459 e. The van der Waals surface area contributed by atoms with Gasteiger partial charge >= 0.3 is 5.97 Å². The number of carbonyl (C=O) groups excluding carboxylic acids is 1. The second-order valence-electron chi connectivity index (χ2n) is 5.85. The van der Waals surface area contributed by atoms with E-state index in [9.17, 15) is 9.18 Å². The smallest absolute Gasteiger partial charge is 0.327 e. The van der Waals surface area contributed by atoms with E-state index in [1.165, 1.54) is 12.1 Å². The van der Waals surface area contributed by atoms with Gasteiger partial charge in [0.1, 0.15) is 18.0 Å². The Bertz CT molecular complexity index is 760. The minimum absolute atomic E-state index is 0.163. The minimum atomic E-state index is -1.25. The monoisotopic (exact) mass is 325 g/mol. The lowest BCUT2D eigenvalue weighted by Gasteiger charge is -2.25. The van der Waals surface area contributed by atoms with Gasteiger partial charge in [0.25, 0.3) is 0 Å². The van der Waals surface area contributed by atoms with Crippen LogP contribution in [0.4, 0.5) is 4.39 Å². The van der Waals surface area contributed by atoms with Crippen LogP contribution >= 0.6 is 0 Å². The highest BCUT2D eigenvalue weighted by Gasteiger charge is 2.35. The summed E-state index contributed by atoms with van der Waals surface area (Å²) in [6.45, 7) is 3.50. The van der Waals surface area contributed by atoms with Crippen LogP contribution in [0.3, 0.4) is 0 Å². The van der Waals surface area contributed by atoms with E-state index in [0.717, 1.165) is 5.56 Å². The third kappa shape index (κ3) is 4.68. The van der Waals surface area contributed by atoms with Crippen LogP contribution in [0.15, 0.2) is 54.6 Å². The third-order valence-corrected chi connectivity index (χ3v) is 3.81. The molecule has 4 heteroatoms. The molecule has 0 saturated carbocycles. The Morgan fingerprint density at radius 1 is 1.25 bits per heavy atom. The number of hydrogen-bond acceptors (Lipinski definition) is 3. The van der Waals surface area contributed by atoms with Gasteiger partial charge in [0, 0.05) is 11.5 Å². The van der Waals surface area contributed by atoms with Gasteiger partial charge in [-0.25, -0.2) is 4.39 Å². The summed E-state index contributed by atoms with van der Waals surface area (Å²) in [7, 11) is 0. The summed E-state index contributed by atoms with van der Waals surface area (Å²) in [5.74, 6) is 4.42. The van der Waals surface area contributed by atoms with Gasteiger partial charge in [-0.2, -0.15) is 0 Å². The first kappa shape index (κ1) is 17.7. The van der Waals surface area contributed by atoms with Crippen molar-refractivity contribution < 1.29 is 13.9 Å². The number of rotatable bonds is 4. The normalized spacial score (nSPS) is 14.0. The lowest BCUT2D eigenvalue weighted by molar-refractivity contribution is -0.152. The van der Waals surface area contributed by atoms with Crippen molar-refractivity contribution in [2.24, 2.45) is 11.7 Å². The molecule has 0 aliphatic heterocycles. The number of hydrogen-bond donors (Lipinski definition) is 1. The summed E-state index contributed by atoms with van der Waals surface area (Å²) in [5.41, 5.74) is 6.28. The number of ether oxygens (including phenoxy) is 1. The van der Waals surface area contributed by atoms with E-state index in [2.05, 4.69) is 11.8 Å². The van der Waals surface area contributed by atoms with Gasteiger partial charge < -0.3 is 10.5 Å². The molecule has 3 nitrogen and oxygen atoms in total. The SMILES string of the molecule is C[C@H](C#Cc1cccc(F)c1)[C@](C)(N)C(=O)OCc1ccccc1. The predicted octanol–water partition coefficient (Wildman–Crippen LogP) is 3.27. The zero-order chi connectivity index (χ0) is 17.6. The van der Waals surface area contributed by atoms with Gasteiger partial charge in [-0.3, -0.25) is 4.79 Å². The number of esters is 1. The molecule has 0 saturated heterocycles. The average molecular weight is 325 g/mol. The number of benzene rings is 2. The second-order valence-corrected chi connectivity index (χ2v) is 5.85. The van der Waals surface area contributed by atoms with E-state index < -0.39 is 17.4 Å². The maximum Gasteiger partial charge on any atom is 0.327 e. The number of carbonyl (C=O) groups is 1. The number of nitrogens with two attached hydrogens (primary N) is 1. The van der Waals surface area contributed by atoms with Crippen molar-refractivity contribution in [1.29, 1.82) is 0 Å². The molecule has 2 N–H and O–H groups in total. The molecule has 0 aromatic heterocycles. The van der Waals surface area contributed by atoms with Crippen LogP contribution in [-0.2, 0) is 16.1 Å². The van der Waals surface area contributed by atoms with E-state index in [4.69, 9.17) is 10.5 Å². The average Bonchev–Trinajstić information content (AvgIpc) is 2.58. The molecular formula is C20H20FNO2. The fraction of sp³-hybridized carbons (Fsp3) is 0.250. The van der Waals surface area contributed by atoms with Crippen molar-refractivity contribution in [3.8, 4) is 11.8 Å². The summed E-state index contributed by atoms with van der Waals surface area (Å²) < 4.78 is 18.4. The fourth-order valence-corrected chi connectivity index (χ4v) is 1.96. The van der Waals surface area contributed by atoms with Crippen LogP contribution < -0.4 is 5.73 Å². The van der Waals surface area contributed by atoms with Gasteiger partial charge in [0.05, 0.1) is 0 Å². The maximum absolute atomic E-state index is 13.1. The van der Waals surface area contributed by atoms with E-state index in [1.54, 1.807) is 26.0 Å². The fourth-order valence-electron chi connectivity index (χ4n) is 1.96. The molecule has 2 atom stereocenters. The van der Waals surface area contributed by atoms with Gasteiger partial charge in [0.15, 0.2) is 0 Å². The predicted molar refractivity (Wildman–Crippen MR) is 91.3 cm³/mol. The Labute approximate surface area is 141 Å². The highest BCUT2D eigenvalue weighted by molar-refractivity contribution is 5.81. The molecular weight excluding hydrogens is 305 g/mol. The molecule has 0 heterocycles. The van der Waals surface area contributed by atoms with Crippen molar-refractivity contribution >= 4 is 5.97 Å². The zero-order valence-electron chi connectivity index (χ0n) is 13.8. The van der Waals surface area contributed by atoms with Crippen LogP contribution in [0.2, 0.25) is 0 Å². The third-order valence-electron chi connectivity index (χ3n) is 3.81. The summed E-state index contributed by atoms with van der Waals surface area (Å²) in [5, 5.41) is 0. The van der Waals surface area contributed by atoms with E-state index >= 15 is 0 Å². The van der Waals surface area contributed by atoms with Crippen molar-refractivity contribution in [1.82, 2.24) is 0 Å². The Hall–Kier alpha value is -2.64. The van der Waals surface area contributed by atoms with Crippen LogP contribution in [0.5, 0.6) is 0 Å². The topological polar surface area (TPSA) is 52.3 Å². The highest BCUT2D eigenvalue weighted by atomic mass is 19.1. The molecule has 0 aliphatic carbocycles. The largest absolute Gasteiger partial charge is 0.459 e. The van der Waals surface area contributed by atoms with Crippen molar-refractivity contribution in [3.63, 3.8) is 0 Å². The first-order valence-electron chi connectivity index (χ1n) is 7.66. The summed E-state index contributed by atoms with van der Waals surface area (Å²) in [6.07, 6.45) is 0. The molecule has 0 amide bonds. The second kappa shape index (κ2) is 7.76. The molecule has 2 rings (SSSR count). The quantitative estimate of drug-likeness (QED) is 0.693. The molecule has 2 aromatic rings. The van der Waals surface area contributed by atoms with Gasteiger partial charge in [-0.15, -0.1) is 0 Å². The Morgan fingerprint density at radius 2 is 1.96 bits per heavy atom. The molecule has 0 bridgehead atoms. The van der Waals surface area contributed by atoms with Crippen LogP contribution in [0.1, 0.15) is 25.0 Å². The zero-order valence-corrected chi connectivity index (χ0v) is 13.8. The first-order chi connectivity index (χ1) is 11.4. The molecule has 0 fully saturated rings. The van der Waals surface area contributed by atoms with E-state index in [1.807, 2.05) is 30.3 Å². The molecule has 0 unspecified atom stereocenters. The van der Waals surface area contributed by atoms with Crippen LogP contribution in [-0.4, -0.2) is 11.5 Å². The maximum atomic E-state index is 13.1. The van der Waals surface area contributed by atoms with Gasteiger partial charge in [-0.1, -0.05) is 48.2 Å². The molecule has 0 radical (unpaired) electrons. The Kier molecular flexibility index (Phi) is 5.73. The Morgan fingerprint density at radius 3 is 2.62 bits per heavy atom. The number of halogens is 1. The molecule has 0 aliphatic rings. The highest BCUT2D eigenvalue weighted by Crippen LogP contribution is 2.16. The van der Waals surface area contributed by atoms with Crippen molar-refractivity contribution in [3.05, 3.63) is 71.5 Å². The first-order valence-corrected chi connectivity index (χ1v) is 7.66. The molecule has 124 valence electrons. The van der Waals surface area contributed by atoms with E-state index in [-0.39, 0.29) is 12.4 Å². The lowest BCUT2D eigenvalue weighted by Crippen LogP contribution is -2.51. The summed E-state index contributed by atoms with van der Waals surface area (Å²) in [4.78, 5) is 12.3. The molecule has 2 aromatic carbocycles. The van der Waals surface area contributed by atoms with E-state index in [0.29, 0.717) is 5.56 Å². The molecule has 24 heavy (non-hydrogen) atoms. The summed E-state index contributed by atoms with van der Waals surface area (Å²) >= 11 is 0. The van der Waals surface area contributed by atoms with Crippen LogP contribution in [0, 0.1) is 23.6 Å². The molecule has 0 spiro atoms. The van der Waals surface area contributed by atoms with Gasteiger partial charge in [-0.05, 0) is 37.6 Å². The summed E-state index contributed by atoms with van der Waals surface area (Å²) in [6, 6.07) is 15.3. The van der Waals surface area contributed by atoms with Crippen molar-refractivity contribution in [2.75, 3.05) is 0 Å². The lowest BCUT2D eigenvalue weighted by atomic mass is 9.88. The van der Waals surface area contributed by atoms with Gasteiger partial charge in [0.2, 0.25) is 0 Å². The van der Waals surface area contributed by atoms with Crippen LogP contribution in [0.25, 0.3) is 0 Å². The van der Waals surface area contributed by atoms with Crippen molar-refractivity contribution in [2.45, 2.75) is 26.0 Å².